The van der Waals surface area contributed by atoms with Crippen molar-refractivity contribution in [1.29, 1.82) is 0 Å². The third kappa shape index (κ3) is 7.11. The van der Waals surface area contributed by atoms with Crippen molar-refractivity contribution in [3.63, 3.8) is 0 Å². The summed E-state index contributed by atoms with van der Waals surface area (Å²) >= 11 is 1.29. The molecule has 0 saturated carbocycles. The van der Waals surface area contributed by atoms with Gasteiger partial charge in [-0.25, -0.2) is 0 Å². The number of hydrogen-bond acceptors (Lipinski definition) is 7. The molecular formula is C26H31N5O4S. The number of rotatable bonds is 11. The maximum Gasteiger partial charge on any atom is 0.244 e. The zero-order chi connectivity index (χ0) is 26.1. The molecule has 0 saturated heterocycles. The SMILES string of the molecule is COc1ccc(/C=C/C(=O)NCc2nnc(SCC(=O)Nc3ccccc3C(C)C)n2C)cc1OC. The molecular weight excluding hydrogens is 478 g/mol. The van der Waals surface area contributed by atoms with E-state index in [-0.39, 0.29) is 24.1 Å². The van der Waals surface area contributed by atoms with Crippen LogP contribution >= 0.6 is 11.8 Å². The molecule has 10 heteroatoms. The standard InChI is InChI=1S/C26H31N5O4S/c1-17(2)19-8-6-7-9-20(19)28-25(33)16-36-26-30-29-23(31(26)3)15-27-24(32)13-11-18-10-12-21(34-4)22(14-18)35-5/h6-14,17H,15-16H2,1-5H3,(H,27,32)(H,28,33)/b13-11+. The number of nitrogens with zero attached hydrogens (tertiary/aromatic N) is 3. The summed E-state index contributed by atoms with van der Waals surface area (Å²) in [6.07, 6.45) is 3.12. The summed E-state index contributed by atoms with van der Waals surface area (Å²) < 4.78 is 12.3. The van der Waals surface area contributed by atoms with E-state index < -0.39 is 0 Å². The number of aromatic nitrogens is 3. The Morgan fingerprint density at radius 2 is 1.83 bits per heavy atom. The lowest BCUT2D eigenvalue weighted by atomic mass is 10.0. The minimum absolute atomic E-state index is 0.119. The van der Waals surface area contributed by atoms with Gasteiger partial charge in [-0.2, -0.15) is 0 Å². The summed E-state index contributed by atoms with van der Waals surface area (Å²) in [5.74, 6) is 1.89. The molecule has 2 N–H and O–H groups in total. The van der Waals surface area contributed by atoms with Gasteiger partial charge in [-0.3, -0.25) is 9.59 Å². The van der Waals surface area contributed by atoms with Gasteiger partial charge in [0.1, 0.15) is 0 Å². The van der Waals surface area contributed by atoms with Crippen LogP contribution in [0.1, 0.15) is 36.7 Å². The third-order valence-electron chi connectivity index (χ3n) is 5.37. The second-order valence-corrected chi connectivity index (χ2v) is 9.14. The molecule has 1 aromatic heterocycles. The summed E-state index contributed by atoms with van der Waals surface area (Å²) in [4.78, 5) is 24.8. The normalized spacial score (nSPS) is 11.1. The number of thioether (sulfide) groups is 1. The van der Waals surface area contributed by atoms with Crippen LogP contribution in [-0.2, 0) is 23.2 Å². The molecule has 0 unspecified atom stereocenters. The third-order valence-corrected chi connectivity index (χ3v) is 6.39. The van der Waals surface area contributed by atoms with Crippen molar-refractivity contribution in [1.82, 2.24) is 20.1 Å². The van der Waals surface area contributed by atoms with Gasteiger partial charge in [0, 0.05) is 18.8 Å². The highest BCUT2D eigenvalue weighted by molar-refractivity contribution is 7.99. The Bertz CT molecular complexity index is 1240. The highest BCUT2D eigenvalue weighted by atomic mass is 32.2. The molecule has 0 radical (unpaired) electrons. The average molecular weight is 510 g/mol. The van der Waals surface area contributed by atoms with E-state index in [0.29, 0.717) is 28.4 Å². The maximum absolute atomic E-state index is 12.5. The molecule has 0 fully saturated rings. The predicted molar refractivity (Wildman–Crippen MR) is 141 cm³/mol. The van der Waals surface area contributed by atoms with Gasteiger partial charge >= 0.3 is 0 Å². The number of ether oxygens (including phenoxy) is 2. The lowest BCUT2D eigenvalue weighted by molar-refractivity contribution is -0.116. The summed E-state index contributed by atoms with van der Waals surface area (Å²) in [7, 11) is 4.93. The average Bonchev–Trinajstić information content (AvgIpc) is 3.23. The van der Waals surface area contributed by atoms with Crippen LogP contribution in [0, 0.1) is 0 Å². The largest absolute Gasteiger partial charge is 0.493 e. The summed E-state index contributed by atoms with van der Waals surface area (Å²) in [6, 6.07) is 13.2. The van der Waals surface area contributed by atoms with Gasteiger partial charge in [-0.15, -0.1) is 10.2 Å². The first-order chi connectivity index (χ1) is 17.3. The van der Waals surface area contributed by atoms with Crippen molar-refractivity contribution in [2.45, 2.75) is 31.5 Å². The van der Waals surface area contributed by atoms with Crippen molar-refractivity contribution in [3.8, 4) is 11.5 Å². The Kier molecular flexibility index (Phi) is 9.52. The molecule has 2 aromatic carbocycles. The number of nitrogens with one attached hydrogen (secondary N) is 2. The predicted octanol–water partition coefficient (Wildman–Crippen LogP) is 4.02. The monoisotopic (exact) mass is 509 g/mol. The van der Waals surface area contributed by atoms with Crippen molar-refractivity contribution in [3.05, 3.63) is 65.5 Å². The number of carbonyl (C=O) groups excluding carboxylic acids is 2. The maximum atomic E-state index is 12.5. The first kappa shape index (κ1) is 26.8. The van der Waals surface area contributed by atoms with Crippen LogP contribution in [0.15, 0.2) is 53.7 Å². The molecule has 0 aliphatic heterocycles. The summed E-state index contributed by atoms with van der Waals surface area (Å²) in [5.41, 5.74) is 2.71. The molecule has 0 bridgehead atoms. The zero-order valence-electron chi connectivity index (χ0n) is 21.1. The molecule has 2 amide bonds. The number of amides is 2. The Morgan fingerprint density at radius 3 is 2.56 bits per heavy atom. The molecule has 190 valence electrons. The number of hydrogen-bond donors (Lipinski definition) is 2. The van der Waals surface area contributed by atoms with Gasteiger partial charge in [-0.05, 0) is 41.3 Å². The topological polar surface area (TPSA) is 107 Å². The van der Waals surface area contributed by atoms with E-state index in [1.807, 2.05) is 30.3 Å². The molecule has 0 aliphatic rings. The van der Waals surface area contributed by atoms with E-state index in [0.717, 1.165) is 16.8 Å². The van der Waals surface area contributed by atoms with Crippen LogP contribution in [0.3, 0.4) is 0 Å². The first-order valence-corrected chi connectivity index (χ1v) is 12.4. The Hall–Kier alpha value is -3.79. The van der Waals surface area contributed by atoms with Gasteiger partial charge in [0.15, 0.2) is 22.5 Å². The fourth-order valence-electron chi connectivity index (χ4n) is 3.41. The Morgan fingerprint density at radius 1 is 1.08 bits per heavy atom. The van der Waals surface area contributed by atoms with Crippen molar-refractivity contribution >= 4 is 35.3 Å². The molecule has 3 aromatic rings. The molecule has 36 heavy (non-hydrogen) atoms. The Labute approximate surface area is 215 Å². The zero-order valence-corrected chi connectivity index (χ0v) is 21.9. The van der Waals surface area contributed by atoms with Crippen molar-refractivity contribution < 1.29 is 19.1 Å². The van der Waals surface area contributed by atoms with E-state index in [1.54, 1.807) is 44.0 Å². The van der Waals surface area contributed by atoms with E-state index in [9.17, 15) is 9.59 Å². The van der Waals surface area contributed by atoms with Gasteiger partial charge in [-0.1, -0.05) is 49.9 Å². The second kappa shape index (κ2) is 12.8. The summed E-state index contributed by atoms with van der Waals surface area (Å²) in [6.45, 7) is 4.38. The number of anilines is 1. The molecule has 0 aliphatic carbocycles. The van der Waals surface area contributed by atoms with Crippen LogP contribution < -0.4 is 20.1 Å². The number of benzene rings is 2. The lowest BCUT2D eigenvalue weighted by Gasteiger charge is -2.13. The van der Waals surface area contributed by atoms with E-state index in [1.165, 1.54) is 17.8 Å². The fraction of sp³-hybridized carbons (Fsp3) is 0.308. The van der Waals surface area contributed by atoms with Gasteiger partial charge < -0.3 is 24.7 Å². The molecule has 3 rings (SSSR count). The smallest absolute Gasteiger partial charge is 0.244 e. The highest BCUT2D eigenvalue weighted by Gasteiger charge is 2.14. The van der Waals surface area contributed by atoms with Gasteiger partial charge in [0.25, 0.3) is 0 Å². The number of methoxy groups -OCH3 is 2. The molecule has 1 heterocycles. The minimum Gasteiger partial charge on any atom is -0.493 e. The number of carbonyl (C=O) groups is 2. The van der Waals surface area contributed by atoms with Crippen LogP contribution in [0.2, 0.25) is 0 Å². The van der Waals surface area contributed by atoms with Crippen LogP contribution in [0.25, 0.3) is 6.08 Å². The van der Waals surface area contributed by atoms with E-state index in [4.69, 9.17) is 9.47 Å². The first-order valence-electron chi connectivity index (χ1n) is 11.4. The highest BCUT2D eigenvalue weighted by Crippen LogP contribution is 2.28. The Balaban J connectivity index is 1.51. The lowest BCUT2D eigenvalue weighted by Crippen LogP contribution is -2.22. The molecule has 0 atom stereocenters. The minimum atomic E-state index is -0.273. The van der Waals surface area contributed by atoms with Crippen LogP contribution in [-0.4, -0.2) is 46.6 Å². The summed E-state index contributed by atoms with van der Waals surface area (Å²) in [5, 5.41) is 14.6. The van der Waals surface area contributed by atoms with Crippen molar-refractivity contribution in [2.24, 2.45) is 7.05 Å². The molecule has 9 nitrogen and oxygen atoms in total. The molecule has 0 spiro atoms. The quantitative estimate of drug-likeness (QED) is 0.297. The van der Waals surface area contributed by atoms with Gasteiger partial charge in [0.2, 0.25) is 11.8 Å². The second-order valence-electron chi connectivity index (χ2n) is 8.20. The van der Waals surface area contributed by atoms with Crippen LogP contribution in [0.4, 0.5) is 5.69 Å². The van der Waals surface area contributed by atoms with E-state index in [2.05, 4.69) is 34.7 Å². The van der Waals surface area contributed by atoms with Gasteiger partial charge in [0.05, 0.1) is 26.5 Å². The van der Waals surface area contributed by atoms with E-state index >= 15 is 0 Å². The van der Waals surface area contributed by atoms with Crippen molar-refractivity contribution in [2.75, 3.05) is 25.3 Å². The van der Waals surface area contributed by atoms with Crippen LogP contribution in [0.5, 0.6) is 11.5 Å². The fourth-order valence-corrected chi connectivity index (χ4v) is 4.14. The number of para-hydroxylation sites is 1.